The first-order valence-corrected chi connectivity index (χ1v) is 9.49. The molecule has 0 bridgehead atoms. The number of nitrogens with zero attached hydrogens (tertiary/aromatic N) is 2. The Bertz CT molecular complexity index is 552. The Balaban J connectivity index is 1.62. The molecular formula is C17H26N4O2S. The van der Waals surface area contributed by atoms with Crippen molar-refractivity contribution in [1.82, 2.24) is 4.90 Å². The number of nitrogens with two attached hydrogens (primary N) is 1. The molecule has 0 amide bonds. The molecule has 0 saturated carbocycles. The molecule has 0 aromatic heterocycles. The van der Waals surface area contributed by atoms with Gasteiger partial charge in [0.1, 0.15) is 5.75 Å². The summed E-state index contributed by atoms with van der Waals surface area (Å²) in [7, 11) is 1.66. The van der Waals surface area contributed by atoms with Crippen molar-refractivity contribution in [1.29, 1.82) is 0 Å². The molecule has 2 saturated heterocycles. The summed E-state index contributed by atoms with van der Waals surface area (Å²) in [5.74, 6) is 3.60. The van der Waals surface area contributed by atoms with Gasteiger partial charge in [-0.25, -0.2) is 0 Å². The highest BCUT2D eigenvalue weighted by Crippen LogP contribution is 2.34. The fourth-order valence-electron chi connectivity index (χ4n) is 3.20. The molecular weight excluding hydrogens is 324 g/mol. The van der Waals surface area contributed by atoms with Crippen molar-refractivity contribution in [2.75, 3.05) is 56.8 Å². The number of morpholine rings is 1. The summed E-state index contributed by atoms with van der Waals surface area (Å²) >= 11 is 2.01. The molecule has 1 aromatic carbocycles. The van der Waals surface area contributed by atoms with Crippen LogP contribution in [0.15, 0.2) is 29.3 Å². The SMILES string of the molecule is COc1ccc(NC(N)=NCC2(N3CCOCC3)CCSC2)cc1. The molecule has 0 aliphatic carbocycles. The van der Waals surface area contributed by atoms with Crippen molar-refractivity contribution in [3.63, 3.8) is 0 Å². The molecule has 132 valence electrons. The molecule has 0 spiro atoms. The maximum absolute atomic E-state index is 6.10. The molecule has 6 nitrogen and oxygen atoms in total. The van der Waals surface area contributed by atoms with Gasteiger partial charge in [-0.1, -0.05) is 0 Å². The topological polar surface area (TPSA) is 72.1 Å². The van der Waals surface area contributed by atoms with Gasteiger partial charge >= 0.3 is 0 Å². The smallest absolute Gasteiger partial charge is 0.193 e. The van der Waals surface area contributed by atoms with E-state index in [0.717, 1.165) is 56.5 Å². The van der Waals surface area contributed by atoms with E-state index in [-0.39, 0.29) is 5.54 Å². The van der Waals surface area contributed by atoms with Crippen molar-refractivity contribution < 1.29 is 9.47 Å². The zero-order valence-corrected chi connectivity index (χ0v) is 15.0. The number of hydrogen-bond donors (Lipinski definition) is 2. The van der Waals surface area contributed by atoms with Crippen LogP contribution in [0.2, 0.25) is 0 Å². The van der Waals surface area contributed by atoms with E-state index in [2.05, 4.69) is 15.2 Å². The van der Waals surface area contributed by atoms with Crippen LogP contribution in [-0.2, 0) is 4.74 Å². The Morgan fingerprint density at radius 3 is 2.75 bits per heavy atom. The highest BCUT2D eigenvalue weighted by molar-refractivity contribution is 7.99. The summed E-state index contributed by atoms with van der Waals surface area (Å²) in [5, 5.41) is 3.16. The van der Waals surface area contributed by atoms with Crippen molar-refractivity contribution in [3.8, 4) is 5.75 Å². The summed E-state index contributed by atoms with van der Waals surface area (Å²) in [6.07, 6.45) is 1.16. The van der Waals surface area contributed by atoms with Crippen LogP contribution >= 0.6 is 11.8 Å². The summed E-state index contributed by atoms with van der Waals surface area (Å²) in [6, 6.07) is 7.67. The van der Waals surface area contributed by atoms with E-state index in [1.54, 1.807) is 7.11 Å². The Morgan fingerprint density at radius 2 is 2.12 bits per heavy atom. The van der Waals surface area contributed by atoms with E-state index < -0.39 is 0 Å². The number of methoxy groups -OCH3 is 1. The van der Waals surface area contributed by atoms with Crippen molar-refractivity contribution in [3.05, 3.63) is 24.3 Å². The molecule has 0 radical (unpaired) electrons. The lowest BCUT2D eigenvalue weighted by atomic mass is 9.96. The van der Waals surface area contributed by atoms with Crippen LogP contribution < -0.4 is 15.8 Å². The summed E-state index contributed by atoms with van der Waals surface area (Å²) in [4.78, 5) is 7.19. The minimum Gasteiger partial charge on any atom is -0.497 e. The van der Waals surface area contributed by atoms with Crippen LogP contribution in [0, 0.1) is 0 Å². The first kappa shape index (κ1) is 17.4. The van der Waals surface area contributed by atoms with Gasteiger partial charge in [0.15, 0.2) is 5.96 Å². The lowest BCUT2D eigenvalue weighted by Crippen LogP contribution is -2.56. The molecule has 3 N–H and O–H groups in total. The van der Waals surface area contributed by atoms with Crippen LogP contribution in [0.5, 0.6) is 5.75 Å². The third-order valence-electron chi connectivity index (χ3n) is 4.67. The van der Waals surface area contributed by atoms with E-state index >= 15 is 0 Å². The van der Waals surface area contributed by atoms with Crippen molar-refractivity contribution in [2.24, 2.45) is 10.7 Å². The Labute approximate surface area is 147 Å². The number of ether oxygens (including phenoxy) is 2. The van der Waals surface area contributed by atoms with E-state index in [9.17, 15) is 0 Å². The van der Waals surface area contributed by atoms with Gasteiger partial charge in [0, 0.05) is 24.5 Å². The third-order valence-corrected chi connectivity index (χ3v) is 5.90. The monoisotopic (exact) mass is 350 g/mol. The molecule has 2 aliphatic rings. The van der Waals surface area contributed by atoms with E-state index in [1.807, 2.05) is 36.0 Å². The number of hydrogen-bond acceptors (Lipinski definition) is 5. The number of thioether (sulfide) groups is 1. The second-order valence-corrected chi connectivity index (χ2v) is 7.29. The molecule has 2 heterocycles. The average molecular weight is 350 g/mol. The fourth-order valence-corrected chi connectivity index (χ4v) is 4.67. The largest absolute Gasteiger partial charge is 0.497 e. The summed E-state index contributed by atoms with van der Waals surface area (Å²) in [5.41, 5.74) is 7.14. The predicted molar refractivity (Wildman–Crippen MR) is 100 cm³/mol. The van der Waals surface area contributed by atoms with Gasteiger partial charge in [0.25, 0.3) is 0 Å². The zero-order chi connectivity index (χ0) is 16.8. The Morgan fingerprint density at radius 1 is 1.38 bits per heavy atom. The maximum Gasteiger partial charge on any atom is 0.193 e. The first-order valence-electron chi connectivity index (χ1n) is 8.33. The molecule has 1 atom stereocenters. The van der Waals surface area contributed by atoms with E-state index in [0.29, 0.717) is 5.96 Å². The maximum atomic E-state index is 6.10. The highest BCUT2D eigenvalue weighted by atomic mass is 32.2. The van der Waals surface area contributed by atoms with Crippen LogP contribution in [0.3, 0.4) is 0 Å². The normalized spacial score (nSPS) is 25.6. The number of rotatable bonds is 5. The molecule has 24 heavy (non-hydrogen) atoms. The molecule has 3 rings (SSSR count). The number of anilines is 1. The molecule has 7 heteroatoms. The van der Waals surface area contributed by atoms with E-state index in [4.69, 9.17) is 15.2 Å². The summed E-state index contributed by atoms with van der Waals surface area (Å²) in [6.45, 7) is 4.34. The number of nitrogens with one attached hydrogen (secondary N) is 1. The van der Waals surface area contributed by atoms with Gasteiger partial charge in [-0.3, -0.25) is 9.89 Å². The van der Waals surface area contributed by atoms with Gasteiger partial charge in [0.05, 0.1) is 32.4 Å². The second kappa shape index (κ2) is 8.09. The molecule has 1 unspecified atom stereocenters. The average Bonchev–Trinajstić information content (AvgIpc) is 3.12. The van der Waals surface area contributed by atoms with Crippen molar-refractivity contribution in [2.45, 2.75) is 12.0 Å². The van der Waals surface area contributed by atoms with Crippen molar-refractivity contribution >= 4 is 23.4 Å². The van der Waals surface area contributed by atoms with Gasteiger partial charge < -0.3 is 20.5 Å². The van der Waals surface area contributed by atoms with Crippen LogP contribution in [0.1, 0.15) is 6.42 Å². The highest BCUT2D eigenvalue weighted by Gasteiger charge is 2.40. The lowest BCUT2D eigenvalue weighted by Gasteiger charge is -2.42. The third kappa shape index (κ3) is 4.15. The standard InChI is InChI=1S/C17H26N4O2S/c1-22-15-4-2-14(3-5-15)20-16(18)19-12-17(6-11-24-13-17)21-7-9-23-10-8-21/h2-5H,6-13H2,1H3,(H3,18,19,20). The van der Waals surface area contributed by atoms with Gasteiger partial charge in [-0.05, 0) is 36.4 Å². The Kier molecular flexibility index (Phi) is 5.86. The minimum absolute atomic E-state index is 0.126. The summed E-state index contributed by atoms with van der Waals surface area (Å²) < 4.78 is 10.7. The number of guanidine groups is 1. The number of aliphatic imine (C=N–C) groups is 1. The molecule has 2 fully saturated rings. The second-order valence-electron chi connectivity index (χ2n) is 6.18. The quantitative estimate of drug-likeness (QED) is 0.621. The van der Waals surface area contributed by atoms with Crippen LogP contribution in [-0.4, -0.2) is 67.9 Å². The molecule has 1 aromatic rings. The van der Waals surface area contributed by atoms with Crippen LogP contribution in [0.4, 0.5) is 5.69 Å². The van der Waals surface area contributed by atoms with Gasteiger partial charge in [-0.15, -0.1) is 0 Å². The van der Waals surface area contributed by atoms with Crippen LogP contribution in [0.25, 0.3) is 0 Å². The molecule has 2 aliphatic heterocycles. The number of benzene rings is 1. The fraction of sp³-hybridized carbons (Fsp3) is 0.588. The van der Waals surface area contributed by atoms with Gasteiger partial charge in [-0.2, -0.15) is 11.8 Å². The predicted octanol–water partition coefficient (Wildman–Crippen LogP) is 1.63. The zero-order valence-electron chi connectivity index (χ0n) is 14.2. The Hall–Kier alpha value is -1.44. The minimum atomic E-state index is 0.126. The van der Waals surface area contributed by atoms with Gasteiger partial charge in [0.2, 0.25) is 0 Å². The van der Waals surface area contributed by atoms with E-state index in [1.165, 1.54) is 5.75 Å². The first-order chi connectivity index (χ1) is 11.7. The lowest BCUT2D eigenvalue weighted by molar-refractivity contribution is -0.0104.